The molecule has 33 heavy (non-hydrogen) atoms. The van der Waals surface area contributed by atoms with Crippen LogP contribution in [0.5, 0.6) is 5.75 Å². The number of thiazole rings is 1. The van der Waals surface area contributed by atoms with E-state index in [0.717, 1.165) is 21.5 Å². The zero-order chi connectivity index (χ0) is 22.8. The minimum Gasteiger partial charge on any atom is -0.494 e. The van der Waals surface area contributed by atoms with Crippen molar-refractivity contribution in [3.05, 3.63) is 94.4 Å². The Balaban J connectivity index is 1.52. The van der Waals surface area contributed by atoms with Crippen LogP contribution < -0.4 is 15.6 Å². The van der Waals surface area contributed by atoms with Crippen molar-refractivity contribution in [2.45, 2.75) is 13.5 Å². The molecule has 0 saturated heterocycles. The lowest BCUT2D eigenvalue weighted by molar-refractivity contribution is 0.102. The van der Waals surface area contributed by atoms with Gasteiger partial charge in [-0.1, -0.05) is 59.9 Å². The fourth-order valence-electron chi connectivity index (χ4n) is 3.64. The van der Waals surface area contributed by atoms with Gasteiger partial charge in [-0.3, -0.25) is 14.9 Å². The third-order valence-corrected chi connectivity index (χ3v) is 6.08. The Morgan fingerprint density at radius 1 is 1.03 bits per heavy atom. The van der Waals surface area contributed by atoms with Crippen LogP contribution in [0.3, 0.4) is 0 Å². The quantitative estimate of drug-likeness (QED) is 0.400. The normalized spacial score (nSPS) is 11.1. The maximum absolute atomic E-state index is 13.2. The summed E-state index contributed by atoms with van der Waals surface area (Å²) in [4.78, 5) is 30.8. The third-order valence-electron chi connectivity index (χ3n) is 5.15. The first-order valence-corrected chi connectivity index (χ1v) is 11.3. The molecule has 0 aliphatic carbocycles. The number of anilines is 1. The molecule has 5 aromatic rings. The van der Waals surface area contributed by atoms with Crippen LogP contribution in [0, 0.1) is 0 Å². The van der Waals surface area contributed by atoms with Gasteiger partial charge in [-0.05, 0) is 36.8 Å². The monoisotopic (exact) mass is 456 g/mol. The molecule has 0 spiro atoms. The largest absolute Gasteiger partial charge is 0.494 e. The van der Waals surface area contributed by atoms with E-state index in [0.29, 0.717) is 22.5 Å². The first-order chi connectivity index (χ1) is 16.1. The molecule has 2 heterocycles. The molecule has 7 nitrogen and oxygen atoms in total. The number of hydrogen-bond acceptors (Lipinski definition) is 6. The van der Waals surface area contributed by atoms with Gasteiger partial charge in [0, 0.05) is 5.39 Å². The van der Waals surface area contributed by atoms with Crippen LogP contribution in [0.1, 0.15) is 23.0 Å². The first kappa shape index (κ1) is 20.8. The number of carbonyl (C=O) groups excluding carboxylic acids is 1. The SMILES string of the molecule is CCOc1ccc2nc(NC(=O)c3nn(Cc4ccccc4)c(=O)c4ccccc34)sc2c1. The standard InChI is InChI=1S/C25H20N4O3S/c1-2-32-17-12-13-20-21(14-17)33-25(26-20)27-23(30)22-18-10-6-7-11-19(18)24(31)29(28-22)15-16-8-4-3-5-9-16/h3-14H,2,15H2,1H3,(H,26,27,30). The Morgan fingerprint density at radius 3 is 2.58 bits per heavy atom. The molecule has 0 unspecified atom stereocenters. The Labute approximate surface area is 193 Å². The van der Waals surface area contributed by atoms with Gasteiger partial charge < -0.3 is 4.74 Å². The van der Waals surface area contributed by atoms with E-state index in [4.69, 9.17) is 4.74 Å². The van der Waals surface area contributed by atoms with Crippen molar-refractivity contribution in [2.75, 3.05) is 11.9 Å². The highest BCUT2D eigenvalue weighted by atomic mass is 32.1. The fourth-order valence-corrected chi connectivity index (χ4v) is 4.53. The lowest BCUT2D eigenvalue weighted by Crippen LogP contribution is -2.28. The Hall–Kier alpha value is -4.04. The van der Waals surface area contributed by atoms with Crippen molar-refractivity contribution in [2.24, 2.45) is 0 Å². The second-order valence-corrected chi connectivity index (χ2v) is 8.41. The second kappa shape index (κ2) is 8.84. The van der Waals surface area contributed by atoms with Crippen molar-refractivity contribution in [3.8, 4) is 5.75 Å². The van der Waals surface area contributed by atoms with Crippen LogP contribution >= 0.6 is 11.3 Å². The van der Waals surface area contributed by atoms with Crippen molar-refractivity contribution in [1.29, 1.82) is 0 Å². The minimum absolute atomic E-state index is 0.176. The van der Waals surface area contributed by atoms with Crippen LogP contribution in [-0.2, 0) is 6.54 Å². The van der Waals surface area contributed by atoms with Gasteiger partial charge in [0.25, 0.3) is 11.5 Å². The number of nitrogens with one attached hydrogen (secondary N) is 1. The Bertz CT molecular complexity index is 1530. The van der Waals surface area contributed by atoms with E-state index < -0.39 is 5.91 Å². The molecule has 0 fully saturated rings. The maximum Gasteiger partial charge on any atom is 0.278 e. The van der Waals surface area contributed by atoms with Crippen LogP contribution in [0.15, 0.2) is 77.6 Å². The molecular weight excluding hydrogens is 436 g/mol. The molecule has 2 aromatic heterocycles. The molecule has 0 saturated carbocycles. The van der Waals surface area contributed by atoms with Gasteiger partial charge in [0.2, 0.25) is 0 Å². The predicted octanol–water partition coefficient (Wildman–Crippen LogP) is 4.71. The van der Waals surface area contributed by atoms with E-state index in [2.05, 4.69) is 15.4 Å². The highest BCUT2D eigenvalue weighted by Gasteiger charge is 2.18. The molecule has 5 rings (SSSR count). The summed E-state index contributed by atoms with van der Waals surface area (Å²) in [5.74, 6) is 0.337. The molecule has 0 bridgehead atoms. The average Bonchev–Trinajstić information content (AvgIpc) is 3.23. The predicted molar refractivity (Wildman–Crippen MR) is 130 cm³/mol. The number of amides is 1. The summed E-state index contributed by atoms with van der Waals surface area (Å²) in [7, 11) is 0. The Morgan fingerprint density at radius 2 is 1.79 bits per heavy atom. The molecule has 0 atom stereocenters. The molecule has 0 radical (unpaired) electrons. The van der Waals surface area contributed by atoms with Crippen LogP contribution in [-0.4, -0.2) is 27.3 Å². The lowest BCUT2D eigenvalue weighted by atomic mass is 10.1. The van der Waals surface area contributed by atoms with E-state index in [-0.39, 0.29) is 17.8 Å². The minimum atomic E-state index is -0.419. The summed E-state index contributed by atoms with van der Waals surface area (Å²) >= 11 is 1.36. The van der Waals surface area contributed by atoms with Crippen LogP contribution in [0.2, 0.25) is 0 Å². The molecule has 0 aliphatic rings. The number of carbonyl (C=O) groups is 1. The molecule has 3 aromatic carbocycles. The number of nitrogens with zero attached hydrogens (tertiary/aromatic N) is 3. The van der Waals surface area contributed by atoms with Gasteiger partial charge in [0.05, 0.1) is 28.8 Å². The van der Waals surface area contributed by atoms with Crippen LogP contribution in [0.4, 0.5) is 5.13 Å². The molecule has 1 N–H and O–H groups in total. The van der Waals surface area contributed by atoms with E-state index >= 15 is 0 Å². The number of fused-ring (bicyclic) bond motifs is 2. The fraction of sp³-hybridized carbons (Fsp3) is 0.120. The summed E-state index contributed by atoms with van der Waals surface area (Å²) in [5, 5.41) is 8.69. The van der Waals surface area contributed by atoms with Gasteiger partial charge in [0.15, 0.2) is 10.8 Å². The van der Waals surface area contributed by atoms with E-state index in [1.54, 1.807) is 24.3 Å². The average molecular weight is 457 g/mol. The molecular formula is C25H20N4O3S. The molecule has 1 amide bonds. The van der Waals surface area contributed by atoms with E-state index in [1.807, 2.05) is 55.5 Å². The number of aromatic nitrogens is 3. The Kier molecular flexibility index (Phi) is 5.58. The summed E-state index contributed by atoms with van der Waals surface area (Å²) in [5.41, 5.74) is 1.63. The highest BCUT2D eigenvalue weighted by molar-refractivity contribution is 7.22. The lowest BCUT2D eigenvalue weighted by Gasteiger charge is -2.10. The van der Waals surface area contributed by atoms with Gasteiger partial charge in [0.1, 0.15) is 5.75 Å². The summed E-state index contributed by atoms with van der Waals surface area (Å²) < 4.78 is 7.78. The van der Waals surface area contributed by atoms with E-state index in [9.17, 15) is 9.59 Å². The van der Waals surface area contributed by atoms with Crippen molar-refractivity contribution in [1.82, 2.24) is 14.8 Å². The third kappa shape index (κ3) is 4.20. The molecule has 0 aliphatic heterocycles. The smallest absolute Gasteiger partial charge is 0.278 e. The molecule has 8 heteroatoms. The van der Waals surface area contributed by atoms with Gasteiger partial charge >= 0.3 is 0 Å². The summed E-state index contributed by atoms with van der Waals surface area (Å²) in [6.07, 6.45) is 0. The van der Waals surface area contributed by atoms with Crippen molar-refractivity contribution in [3.63, 3.8) is 0 Å². The highest BCUT2D eigenvalue weighted by Crippen LogP contribution is 2.29. The summed E-state index contributed by atoms with van der Waals surface area (Å²) in [6, 6.07) is 22.2. The number of hydrogen-bond donors (Lipinski definition) is 1. The summed E-state index contributed by atoms with van der Waals surface area (Å²) in [6.45, 7) is 2.77. The zero-order valence-electron chi connectivity index (χ0n) is 17.8. The molecule has 164 valence electrons. The van der Waals surface area contributed by atoms with Gasteiger partial charge in [-0.15, -0.1) is 0 Å². The first-order valence-electron chi connectivity index (χ1n) is 10.5. The van der Waals surface area contributed by atoms with Crippen molar-refractivity contribution < 1.29 is 9.53 Å². The van der Waals surface area contributed by atoms with Crippen molar-refractivity contribution >= 4 is 43.4 Å². The number of benzene rings is 3. The number of rotatable bonds is 6. The second-order valence-electron chi connectivity index (χ2n) is 7.38. The van der Waals surface area contributed by atoms with E-state index in [1.165, 1.54) is 16.0 Å². The maximum atomic E-state index is 13.2. The van der Waals surface area contributed by atoms with Gasteiger partial charge in [-0.2, -0.15) is 5.10 Å². The zero-order valence-corrected chi connectivity index (χ0v) is 18.6. The van der Waals surface area contributed by atoms with Crippen LogP contribution in [0.25, 0.3) is 21.0 Å². The van der Waals surface area contributed by atoms with Gasteiger partial charge in [-0.25, -0.2) is 9.67 Å². The number of ether oxygens (including phenoxy) is 1. The topological polar surface area (TPSA) is 86.1 Å².